The highest BCUT2D eigenvalue weighted by Crippen LogP contribution is 2.32. The first kappa shape index (κ1) is 8.53. The van der Waals surface area contributed by atoms with Crippen LogP contribution in [0.4, 0.5) is 11.4 Å². The van der Waals surface area contributed by atoms with Crippen molar-refractivity contribution < 1.29 is 0 Å². The van der Waals surface area contributed by atoms with Crippen LogP contribution < -0.4 is 11.1 Å². The van der Waals surface area contributed by atoms with E-state index in [9.17, 15) is 0 Å². The molecule has 0 aliphatic carbocycles. The number of halogens is 1. The first-order chi connectivity index (χ1) is 6.29. The molecular formula is C9H9ClN3. The molecule has 0 spiro atoms. The van der Waals surface area contributed by atoms with Crippen LogP contribution in [0.15, 0.2) is 23.2 Å². The van der Waals surface area contributed by atoms with Crippen LogP contribution in [-0.4, -0.2) is 12.4 Å². The van der Waals surface area contributed by atoms with Crippen molar-refractivity contribution in [3.8, 4) is 0 Å². The van der Waals surface area contributed by atoms with E-state index in [2.05, 4.69) is 10.3 Å². The van der Waals surface area contributed by atoms with Gasteiger partial charge < -0.3 is 5.73 Å². The molecule has 0 unspecified atom stereocenters. The first-order valence-corrected chi connectivity index (χ1v) is 4.46. The van der Waals surface area contributed by atoms with E-state index in [-0.39, 0.29) is 0 Å². The van der Waals surface area contributed by atoms with Gasteiger partial charge in [-0.3, -0.25) is 0 Å². The Morgan fingerprint density at radius 2 is 2.15 bits per heavy atom. The predicted molar refractivity (Wildman–Crippen MR) is 54.0 cm³/mol. The summed E-state index contributed by atoms with van der Waals surface area (Å²) in [5.41, 5.74) is 7.13. The maximum Gasteiger partial charge on any atom is 0.131 e. The summed E-state index contributed by atoms with van der Waals surface area (Å²) < 4.78 is 0. The second kappa shape index (κ2) is 3.36. The van der Waals surface area contributed by atoms with E-state index in [4.69, 9.17) is 17.3 Å². The van der Waals surface area contributed by atoms with E-state index in [1.54, 1.807) is 0 Å². The fraction of sp³-hybridized carbons (Fsp3) is 0.222. The molecule has 3 nitrogen and oxygen atoms in total. The van der Waals surface area contributed by atoms with Gasteiger partial charge in [-0.2, -0.15) is 0 Å². The van der Waals surface area contributed by atoms with Crippen LogP contribution in [0.5, 0.6) is 0 Å². The zero-order chi connectivity index (χ0) is 9.26. The number of rotatable bonds is 2. The average molecular weight is 195 g/mol. The maximum atomic E-state index is 5.81. The van der Waals surface area contributed by atoms with E-state index in [1.165, 1.54) is 0 Å². The van der Waals surface area contributed by atoms with Gasteiger partial charge in [0.15, 0.2) is 0 Å². The topological polar surface area (TPSA) is 52.5 Å². The van der Waals surface area contributed by atoms with Crippen molar-refractivity contribution in [3.05, 3.63) is 23.2 Å². The number of hydrogen-bond donors (Lipinski definition) is 1. The van der Waals surface area contributed by atoms with Crippen molar-refractivity contribution in [2.75, 3.05) is 6.54 Å². The predicted octanol–water partition coefficient (Wildman–Crippen LogP) is 1.97. The van der Waals surface area contributed by atoms with Crippen molar-refractivity contribution in [2.24, 2.45) is 10.7 Å². The van der Waals surface area contributed by atoms with Crippen molar-refractivity contribution in [3.63, 3.8) is 0 Å². The second-order valence-corrected chi connectivity index (χ2v) is 3.25. The molecular weight excluding hydrogens is 186 g/mol. The number of nitrogens with zero attached hydrogens (tertiary/aromatic N) is 2. The Morgan fingerprint density at radius 3 is 2.92 bits per heavy atom. The molecule has 0 saturated carbocycles. The van der Waals surface area contributed by atoms with Crippen molar-refractivity contribution >= 4 is 28.8 Å². The summed E-state index contributed by atoms with van der Waals surface area (Å²) in [7, 11) is 0. The zero-order valence-corrected chi connectivity index (χ0v) is 7.75. The van der Waals surface area contributed by atoms with E-state index < -0.39 is 0 Å². The molecule has 1 heterocycles. The van der Waals surface area contributed by atoms with Crippen LogP contribution >= 0.6 is 11.6 Å². The van der Waals surface area contributed by atoms with Gasteiger partial charge in [-0.1, -0.05) is 11.6 Å². The molecule has 0 bridgehead atoms. The summed E-state index contributed by atoms with van der Waals surface area (Å²) in [6, 6.07) is 5.49. The van der Waals surface area contributed by atoms with Gasteiger partial charge in [0.05, 0.1) is 11.4 Å². The molecule has 0 atom stereocenters. The number of fused-ring (bicyclic) bond motifs is 1. The number of hydrogen-bond acceptors (Lipinski definition) is 2. The molecule has 67 valence electrons. The number of aliphatic imine (C=N–C) groups is 1. The van der Waals surface area contributed by atoms with Gasteiger partial charge in [-0.15, -0.1) is 0 Å². The molecule has 0 fully saturated rings. The standard InChI is InChI=1S/C9H9ClN3/c10-6-1-2-7-8(5-6)13-9(12-7)3-4-11/h1-2,5H,3-4,11H2. The smallest absolute Gasteiger partial charge is 0.131 e. The minimum Gasteiger partial charge on any atom is -0.330 e. The van der Waals surface area contributed by atoms with E-state index in [0.29, 0.717) is 18.0 Å². The van der Waals surface area contributed by atoms with Gasteiger partial charge in [0.25, 0.3) is 0 Å². The molecule has 2 N–H and O–H groups in total. The number of benzene rings is 1. The Bertz CT molecular complexity index is 360. The van der Waals surface area contributed by atoms with Crippen molar-refractivity contribution in [2.45, 2.75) is 6.42 Å². The highest BCUT2D eigenvalue weighted by Gasteiger charge is 2.14. The van der Waals surface area contributed by atoms with Crippen LogP contribution in [0.2, 0.25) is 5.02 Å². The number of amidine groups is 1. The molecule has 0 saturated heterocycles. The van der Waals surface area contributed by atoms with Gasteiger partial charge in [-0.25, -0.2) is 10.3 Å². The monoisotopic (exact) mass is 194 g/mol. The quantitative estimate of drug-likeness (QED) is 0.769. The Balaban J connectivity index is 2.25. The fourth-order valence-electron chi connectivity index (χ4n) is 1.22. The Hall–Kier alpha value is -1.06. The molecule has 4 heteroatoms. The van der Waals surface area contributed by atoms with Crippen LogP contribution in [0, 0.1) is 0 Å². The maximum absolute atomic E-state index is 5.81. The molecule has 1 radical (unpaired) electrons. The van der Waals surface area contributed by atoms with Crippen LogP contribution in [0.3, 0.4) is 0 Å². The first-order valence-electron chi connectivity index (χ1n) is 4.08. The summed E-state index contributed by atoms with van der Waals surface area (Å²) >= 11 is 5.81. The molecule has 13 heavy (non-hydrogen) atoms. The fourth-order valence-corrected chi connectivity index (χ4v) is 1.39. The third-order valence-electron chi connectivity index (χ3n) is 1.80. The van der Waals surface area contributed by atoms with Crippen molar-refractivity contribution in [1.29, 1.82) is 0 Å². The van der Waals surface area contributed by atoms with Gasteiger partial charge in [0, 0.05) is 11.4 Å². The largest absolute Gasteiger partial charge is 0.330 e. The Morgan fingerprint density at radius 1 is 1.31 bits per heavy atom. The minimum absolute atomic E-state index is 0.573. The molecule has 1 aliphatic rings. The summed E-state index contributed by atoms with van der Waals surface area (Å²) in [6.07, 6.45) is 0.715. The van der Waals surface area contributed by atoms with Gasteiger partial charge >= 0.3 is 0 Å². The van der Waals surface area contributed by atoms with Crippen molar-refractivity contribution in [1.82, 2.24) is 5.32 Å². The molecule has 1 aromatic rings. The summed E-state index contributed by atoms with van der Waals surface area (Å²) in [4.78, 5) is 4.29. The van der Waals surface area contributed by atoms with Gasteiger partial charge in [-0.05, 0) is 24.7 Å². The Labute approximate surface area is 81.6 Å². The highest BCUT2D eigenvalue weighted by atomic mass is 35.5. The van der Waals surface area contributed by atoms with E-state index in [1.807, 2.05) is 18.2 Å². The van der Waals surface area contributed by atoms with E-state index in [0.717, 1.165) is 17.2 Å². The minimum atomic E-state index is 0.573. The lowest BCUT2D eigenvalue weighted by Crippen LogP contribution is -2.12. The summed E-state index contributed by atoms with van der Waals surface area (Å²) in [5.74, 6) is 0.791. The number of nitrogens with two attached hydrogens (primary N) is 1. The van der Waals surface area contributed by atoms with Gasteiger partial charge in [0.2, 0.25) is 0 Å². The molecule has 0 aromatic heterocycles. The van der Waals surface area contributed by atoms with Crippen LogP contribution in [0.1, 0.15) is 6.42 Å². The third kappa shape index (κ3) is 1.66. The third-order valence-corrected chi connectivity index (χ3v) is 2.04. The zero-order valence-electron chi connectivity index (χ0n) is 7.00. The van der Waals surface area contributed by atoms with E-state index >= 15 is 0 Å². The Kier molecular flexibility index (Phi) is 2.20. The molecule has 1 aromatic carbocycles. The molecule has 2 rings (SSSR count). The SMILES string of the molecule is NCCC1=Nc2ccc(Cl)cc2[N]1. The lowest BCUT2D eigenvalue weighted by Gasteiger charge is -1.96. The lowest BCUT2D eigenvalue weighted by molar-refractivity contribution is 1.01. The summed E-state index contributed by atoms with van der Waals surface area (Å²) in [6.45, 7) is 0.573. The second-order valence-electron chi connectivity index (χ2n) is 2.81. The molecule has 1 aliphatic heterocycles. The normalized spacial score (nSPS) is 13.5. The highest BCUT2D eigenvalue weighted by molar-refractivity contribution is 6.31. The average Bonchev–Trinajstić information content (AvgIpc) is 2.46. The molecule has 0 amide bonds. The van der Waals surface area contributed by atoms with Gasteiger partial charge in [0.1, 0.15) is 5.84 Å². The van der Waals surface area contributed by atoms with Crippen LogP contribution in [0.25, 0.3) is 0 Å². The summed E-state index contributed by atoms with van der Waals surface area (Å²) in [5, 5.41) is 4.97. The lowest BCUT2D eigenvalue weighted by atomic mass is 10.3. The van der Waals surface area contributed by atoms with Crippen LogP contribution in [-0.2, 0) is 0 Å².